The maximum atomic E-state index is 13.0. The van der Waals surface area contributed by atoms with Crippen molar-refractivity contribution in [3.8, 4) is 11.5 Å². The Kier molecular flexibility index (Phi) is 7.05. The van der Waals surface area contributed by atoms with Crippen LogP contribution in [-0.4, -0.2) is 57.5 Å². The average Bonchev–Trinajstić information content (AvgIpc) is 2.94. The van der Waals surface area contributed by atoms with Gasteiger partial charge in [0.15, 0.2) is 0 Å². The number of halogens is 2. The molecule has 0 radical (unpaired) electrons. The van der Waals surface area contributed by atoms with E-state index in [0.717, 1.165) is 17.9 Å². The highest BCUT2D eigenvalue weighted by Crippen LogP contribution is 2.28. The molecule has 3 rings (SSSR count). The predicted octanol–water partition coefficient (Wildman–Crippen LogP) is 3.19. The van der Waals surface area contributed by atoms with Crippen molar-refractivity contribution in [1.82, 2.24) is 9.21 Å². The molecule has 0 spiro atoms. The molecule has 1 aliphatic heterocycles. The largest absolute Gasteiger partial charge is 0.497 e. The number of alkyl halides is 2. The fourth-order valence-electron chi connectivity index (χ4n) is 3.33. The van der Waals surface area contributed by atoms with E-state index in [4.69, 9.17) is 4.74 Å². The summed E-state index contributed by atoms with van der Waals surface area (Å²) in [6, 6.07) is 13.3. The van der Waals surface area contributed by atoms with Crippen LogP contribution in [0.3, 0.4) is 0 Å². The number of ether oxygens (including phenoxy) is 2. The van der Waals surface area contributed by atoms with Gasteiger partial charge in [-0.3, -0.25) is 4.90 Å². The molecule has 1 saturated heterocycles. The summed E-state index contributed by atoms with van der Waals surface area (Å²) < 4.78 is 62.3. The zero-order valence-corrected chi connectivity index (χ0v) is 16.9. The number of para-hydroxylation sites is 1. The molecule has 0 atom stereocenters. The fourth-order valence-corrected chi connectivity index (χ4v) is 4.92. The molecule has 0 aromatic heterocycles. The predicted molar refractivity (Wildman–Crippen MR) is 105 cm³/mol. The first-order valence-corrected chi connectivity index (χ1v) is 10.7. The van der Waals surface area contributed by atoms with Crippen molar-refractivity contribution in [3.63, 3.8) is 0 Å². The number of nitrogens with zero attached hydrogens (tertiary/aromatic N) is 2. The highest BCUT2D eigenvalue weighted by Gasteiger charge is 2.30. The second-order valence-corrected chi connectivity index (χ2v) is 8.61. The van der Waals surface area contributed by atoms with Crippen LogP contribution in [0.1, 0.15) is 12.0 Å². The van der Waals surface area contributed by atoms with Crippen molar-refractivity contribution < 1.29 is 26.7 Å². The average molecular weight is 426 g/mol. The molecular weight excluding hydrogens is 402 g/mol. The van der Waals surface area contributed by atoms with Crippen molar-refractivity contribution >= 4 is 10.0 Å². The van der Waals surface area contributed by atoms with Gasteiger partial charge in [0.05, 0.1) is 7.11 Å². The fraction of sp³-hybridized carbons (Fsp3) is 0.400. The Balaban J connectivity index is 1.69. The van der Waals surface area contributed by atoms with Gasteiger partial charge in [-0.1, -0.05) is 24.3 Å². The third-order valence-electron chi connectivity index (χ3n) is 4.80. The van der Waals surface area contributed by atoms with Gasteiger partial charge >= 0.3 is 6.61 Å². The van der Waals surface area contributed by atoms with E-state index in [1.165, 1.54) is 28.6 Å². The Morgan fingerprint density at radius 1 is 1.00 bits per heavy atom. The van der Waals surface area contributed by atoms with Crippen LogP contribution in [0.5, 0.6) is 11.5 Å². The molecule has 0 saturated carbocycles. The van der Waals surface area contributed by atoms with Gasteiger partial charge in [0, 0.05) is 26.2 Å². The van der Waals surface area contributed by atoms with Crippen LogP contribution in [0.15, 0.2) is 53.4 Å². The first-order chi connectivity index (χ1) is 13.9. The zero-order valence-electron chi connectivity index (χ0n) is 16.1. The number of hydrogen-bond acceptors (Lipinski definition) is 5. The minimum atomic E-state index is -3.94. The molecule has 1 fully saturated rings. The summed E-state index contributed by atoms with van der Waals surface area (Å²) in [5.41, 5.74) is 1.11. The summed E-state index contributed by atoms with van der Waals surface area (Å²) in [5.74, 6) is 0.452. The highest BCUT2D eigenvalue weighted by molar-refractivity contribution is 7.89. The van der Waals surface area contributed by atoms with Crippen molar-refractivity contribution in [2.45, 2.75) is 24.5 Å². The lowest BCUT2D eigenvalue weighted by Crippen LogP contribution is -2.35. The van der Waals surface area contributed by atoms with Gasteiger partial charge in [-0.15, -0.1) is 0 Å². The van der Waals surface area contributed by atoms with Gasteiger partial charge in [0.25, 0.3) is 0 Å². The van der Waals surface area contributed by atoms with Crippen LogP contribution in [0.2, 0.25) is 0 Å². The first kappa shape index (κ1) is 21.5. The quantitative estimate of drug-likeness (QED) is 0.681. The molecule has 29 heavy (non-hydrogen) atoms. The highest BCUT2D eigenvalue weighted by atomic mass is 32.2. The van der Waals surface area contributed by atoms with Gasteiger partial charge in [-0.25, -0.2) is 8.42 Å². The lowest BCUT2D eigenvalue weighted by atomic mass is 10.2. The van der Waals surface area contributed by atoms with Crippen LogP contribution in [0.25, 0.3) is 0 Å². The Bertz CT molecular complexity index is 907. The maximum Gasteiger partial charge on any atom is 0.387 e. The lowest BCUT2D eigenvalue weighted by Gasteiger charge is -2.22. The minimum absolute atomic E-state index is 0.232. The topological polar surface area (TPSA) is 59.1 Å². The van der Waals surface area contributed by atoms with Crippen LogP contribution < -0.4 is 9.47 Å². The lowest BCUT2D eigenvalue weighted by molar-refractivity contribution is -0.0517. The normalized spacial score (nSPS) is 16.6. The molecule has 1 aliphatic rings. The minimum Gasteiger partial charge on any atom is -0.497 e. The Morgan fingerprint density at radius 3 is 2.41 bits per heavy atom. The smallest absolute Gasteiger partial charge is 0.387 e. The van der Waals surface area contributed by atoms with E-state index in [-0.39, 0.29) is 17.2 Å². The molecule has 0 bridgehead atoms. The summed E-state index contributed by atoms with van der Waals surface area (Å²) >= 11 is 0. The van der Waals surface area contributed by atoms with Crippen molar-refractivity contribution in [3.05, 3.63) is 54.1 Å². The molecule has 6 nitrogen and oxygen atoms in total. The number of methoxy groups -OCH3 is 1. The van der Waals surface area contributed by atoms with Gasteiger partial charge in [0.2, 0.25) is 10.0 Å². The molecule has 158 valence electrons. The zero-order chi connectivity index (χ0) is 20.9. The number of hydrogen-bond donors (Lipinski definition) is 0. The van der Waals surface area contributed by atoms with Gasteiger partial charge in [-0.05, 0) is 42.8 Å². The van der Waals surface area contributed by atoms with E-state index >= 15 is 0 Å². The Morgan fingerprint density at radius 2 is 1.72 bits per heavy atom. The summed E-state index contributed by atoms with van der Waals surface area (Å²) in [6.07, 6.45) is 0.646. The molecular formula is C20H24F2N2O4S. The number of benzene rings is 2. The Hall–Kier alpha value is -2.23. The van der Waals surface area contributed by atoms with Crippen molar-refractivity contribution in [2.75, 3.05) is 33.3 Å². The van der Waals surface area contributed by atoms with Crippen molar-refractivity contribution in [2.24, 2.45) is 0 Å². The summed E-state index contributed by atoms with van der Waals surface area (Å²) in [5, 5.41) is 0. The molecule has 0 aliphatic carbocycles. The number of rotatable bonds is 7. The first-order valence-electron chi connectivity index (χ1n) is 9.29. The third-order valence-corrected chi connectivity index (χ3v) is 6.73. The molecule has 2 aromatic rings. The van der Waals surface area contributed by atoms with E-state index in [1.54, 1.807) is 7.11 Å². The number of sulfonamides is 1. The SMILES string of the molecule is COc1ccc(CN2CCCN(S(=O)(=O)c3ccccc3OC(F)F)CC2)cc1. The van der Waals surface area contributed by atoms with E-state index in [9.17, 15) is 17.2 Å². The maximum absolute atomic E-state index is 13.0. The molecule has 1 heterocycles. The van der Waals surface area contributed by atoms with Gasteiger partial charge in [-0.2, -0.15) is 13.1 Å². The van der Waals surface area contributed by atoms with E-state index < -0.39 is 16.6 Å². The third kappa shape index (κ3) is 5.43. The van der Waals surface area contributed by atoms with E-state index in [2.05, 4.69) is 9.64 Å². The molecule has 0 N–H and O–H groups in total. The Labute approximate surface area is 169 Å². The summed E-state index contributed by atoms with van der Waals surface area (Å²) in [6.45, 7) is -0.499. The summed E-state index contributed by atoms with van der Waals surface area (Å²) in [4.78, 5) is 1.95. The van der Waals surface area contributed by atoms with Crippen LogP contribution in [0, 0.1) is 0 Å². The van der Waals surface area contributed by atoms with E-state index in [0.29, 0.717) is 26.1 Å². The van der Waals surface area contributed by atoms with Crippen molar-refractivity contribution in [1.29, 1.82) is 0 Å². The second-order valence-electron chi connectivity index (χ2n) is 6.71. The van der Waals surface area contributed by atoms with Gasteiger partial charge in [0.1, 0.15) is 16.4 Å². The molecule has 9 heteroatoms. The summed E-state index contributed by atoms with van der Waals surface area (Å²) in [7, 11) is -2.32. The molecule has 2 aromatic carbocycles. The molecule has 0 amide bonds. The van der Waals surface area contributed by atoms with Crippen LogP contribution in [-0.2, 0) is 16.6 Å². The second kappa shape index (κ2) is 9.51. The van der Waals surface area contributed by atoms with Crippen LogP contribution >= 0.6 is 0 Å². The van der Waals surface area contributed by atoms with E-state index in [1.807, 2.05) is 24.3 Å². The van der Waals surface area contributed by atoms with Gasteiger partial charge < -0.3 is 9.47 Å². The monoisotopic (exact) mass is 426 g/mol. The standard InChI is InChI=1S/C20H24F2N2O4S/c1-27-17-9-7-16(8-10-17)15-23-11-4-12-24(14-13-23)29(25,26)19-6-3-2-5-18(19)28-20(21)22/h2-3,5-10,20H,4,11-15H2,1H3. The molecule has 0 unspecified atom stereocenters. The van der Waals surface area contributed by atoms with Crippen LogP contribution in [0.4, 0.5) is 8.78 Å².